The molecule has 0 amide bonds. The van der Waals surface area contributed by atoms with Crippen LogP contribution in [0.5, 0.6) is 0 Å². The van der Waals surface area contributed by atoms with Crippen LogP contribution in [0, 0.1) is 5.82 Å². The number of hydrogen-bond acceptors (Lipinski definition) is 3. The van der Waals surface area contributed by atoms with Crippen LogP contribution in [-0.2, 0) is 4.74 Å². The minimum atomic E-state index is -0.551. The molecular weight excluding hydrogens is 202 g/mol. The van der Waals surface area contributed by atoms with Gasteiger partial charge in [0.05, 0.1) is 6.61 Å². The van der Waals surface area contributed by atoms with E-state index in [9.17, 15) is 8.78 Å². The predicted octanol–water partition coefficient (Wildman–Crippen LogP) is 1.40. The fraction of sp³-hybridized carbons (Fsp3) is 0.500. The number of morpholine rings is 1. The minimum absolute atomic E-state index is 0.277. The molecule has 1 saturated heterocycles. The Morgan fingerprint density at radius 2 is 2.47 bits per heavy atom. The monoisotopic (exact) mass is 214 g/mol. The van der Waals surface area contributed by atoms with Gasteiger partial charge < -0.3 is 9.64 Å². The summed E-state index contributed by atoms with van der Waals surface area (Å²) in [4.78, 5) is 5.65. The summed E-state index contributed by atoms with van der Waals surface area (Å²) in [5, 5.41) is 0. The molecule has 1 aliphatic heterocycles. The second-order valence-electron chi connectivity index (χ2n) is 3.40. The number of rotatable bonds is 2. The Hall–Kier alpha value is -1.23. The average Bonchev–Trinajstić information content (AvgIpc) is 2.30. The molecule has 1 fully saturated rings. The maximum atomic E-state index is 13.4. The molecule has 1 aromatic rings. The summed E-state index contributed by atoms with van der Waals surface area (Å²) in [6.07, 6.45) is 1.05. The molecule has 1 unspecified atom stereocenters. The lowest BCUT2D eigenvalue weighted by Gasteiger charge is -2.32. The molecule has 0 aliphatic carbocycles. The maximum absolute atomic E-state index is 13.4. The van der Waals surface area contributed by atoms with Gasteiger partial charge in [-0.1, -0.05) is 0 Å². The van der Waals surface area contributed by atoms with Gasteiger partial charge in [0, 0.05) is 19.3 Å². The van der Waals surface area contributed by atoms with E-state index < -0.39 is 12.8 Å². The molecule has 0 radical (unpaired) electrons. The highest BCUT2D eigenvalue weighted by Crippen LogP contribution is 2.18. The Morgan fingerprint density at radius 3 is 3.20 bits per heavy atom. The van der Waals surface area contributed by atoms with Crippen molar-refractivity contribution in [2.75, 3.05) is 31.3 Å². The predicted molar refractivity (Wildman–Crippen MR) is 52.1 cm³/mol. The fourth-order valence-corrected chi connectivity index (χ4v) is 1.62. The lowest BCUT2D eigenvalue weighted by atomic mass is 10.3. The molecule has 0 saturated carbocycles. The first-order valence-corrected chi connectivity index (χ1v) is 4.84. The van der Waals surface area contributed by atoms with Crippen LogP contribution in [-0.4, -0.2) is 37.5 Å². The summed E-state index contributed by atoms with van der Waals surface area (Å²) in [5.74, 6) is -0.101. The number of aromatic nitrogens is 1. The van der Waals surface area contributed by atoms with Crippen molar-refractivity contribution in [3.63, 3.8) is 0 Å². The topological polar surface area (TPSA) is 25.4 Å². The first-order valence-electron chi connectivity index (χ1n) is 4.84. The quantitative estimate of drug-likeness (QED) is 0.744. The third-order valence-corrected chi connectivity index (χ3v) is 2.35. The van der Waals surface area contributed by atoms with E-state index in [1.807, 2.05) is 0 Å². The lowest BCUT2D eigenvalue weighted by molar-refractivity contribution is 0.0243. The number of hydrogen-bond donors (Lipinski definition) is 0. The number of halogens is 2. The van der Waals surface area contributed by atoms with Gasteiger partial charge in [0.15, 0.2) is 11.6 Å². The third-order valence-electron chi connectivity index (χ3n) is 2.35. The van der Waals surface area contributed by atoms with Crippen molar-refractivity contribution in [2.24, 2.45) is 0 Å². The van der Waals surface area contributed by atoms with Gasteiger partial charge in [0.1, 0.15) is 12.8 Å². The van der Waals surface area contributed by atoms with Crippen LogP contribution in [0.15, 0.2) is 18.3 Å². The molecule has 0 aromatic carbocycles. The van der Waals surface area contributed by atoms with Crippen molar-refractivity contribution in [3.8, 4) is 0 Å². The van der Waals surface area contributed by atoms with E-state index in [1.54, 1.807) is 4.90 Å². The van der Waals surface area contributed by atoms with Crippen molar-refractivity contribution in [1.29, 1.82) is 0 Å². The molecule has 5 heteroatoms. The van der Waals surface area contributed by atoms with E-state index in [2.05, 4.69) is 4.98 Å². The summed E-state index contributed by atoms with van der Waals surface area (Å²) >= 11 is 0. The number of nitrogens with zero attached hydrogens (tertiary/aromatic N) is 2. The summed E-state index contributed by atoms with van der Waals surface area (Å²) in [5.41, 5.74) is 0. The summed E-state index contributed by atoms with van der Waals surface area (Å²) in [7, 11) is 0. The summed E-state index contributed by atoms with van der Waals surface area (Å²) < 4.78 is 30.9. The smallest absolute Gasteiger partial charge is 0.165 e. The fourth-order valence-electron chi connectivity index (χ4n) is 1.62. The Labute approximate surface area is 86.7 Å². The van der Waals surface area contributed by atoms with E-state index >= 15 is 0 Å². The Morgan fingerprint density at radius 1 is 1.60 bits per heavy atom. The van der Waals surface area contributed by atoms with Crippen LogP contribution in [0.25, 0.3) is 0 Å². The summed E-state index contributed by atoms with van der Waals surface area (Å²) in [6.45, 7) is 0.754. The third kappa shape index (κ3) is 2.23. The van der Waals surface area contributed by atoms with Gasteiger partial charge in [-0.05, 0) is 12.1 Å². The van der Waals surface area contributed by atoms with Crippen LogP contribution in [0.2, 0.25) is 0 Å². The molecule has 82 valence electrons. The Bertz CT molecular complexity index is 335. The van der Waals surface area contributed by atoms with Crippen LogP contribution in [0.1, 0.15) is 0 Å². The zero-order valence-electron chi connectivity index (χ0n) is 8.20. The molecule has 0 N–H and O–H groups in total. The lowest BCUT2D eigenvalue weighted by Crippen LogP contribution is -2.44. The number of anilines is 1. The first kappa shape index (κ1) is 10.3. The van der Waals surface area contributed by atoms with E-state index in [1.165, 1.54) is 18.3 Å². The van der Waals surface area contributed by atoms with Gasteiger partial charge in [-0.15, -0.1) is 0 Å². The highest BCUT2D eigenvalue weighted by Gasteiger charge is 2.22. The van der Waals surface area contributed by atoms with E-state index in [0.717, 1.165) is 0 Å². The molecule has 15 heavy (non-hydrogen) atoms. The van der Waals surface area contributed by atoms with Crippen LogP contribution >= 0.6 is 0 Å². The van der Waals surface area contributed by atoms with Gasteiger partial charge in [0.2, 0.25) is 0 Å². The van der Waals surface area contributed by atoms with Gasteiger partial charge in [0.25, 0.3) is 0 Å². The van der Waals surface area contributed by atoms with Crippen molar-refractivity contribution < 1.29 is 13.5 Å². The highest BCUT2D eigenvalue weighted by atomic mass is 19.1. The minimum Gasteiger partial charge on any atom is -0.372 e. The normalized spacial score (nSPS) is 21.7. The summed E-state index contributed by atoms with van der Waals surface area (Å²) in [6, 6.07) is 2.88. The van der Waals surface area contributed by atoms with E-state index in [0.29, 0.717) is 19.7 Å². The molecule has 0 spiro atoms. The van der Waals surface area contributed by atoms with Crippen molar-refractivity contribution in [2.45, 2.75) is 6.10 Å². The largest absolute Gasteiger partial charge is 0.372 e. The highest BCUT2D eigenvalue weighted by molar-refractivity contribution is 5.40. The van der Waals surface area contributed by atoms with Crippen LogP contribution in [0.4, 0.5) is 14.6 Å². The number of alkyl halides is 1. The van der Waals surface area contributed by atoms with Gasteiger partial charge in [-0.3, -0.25) is 0 Å². The van der Waals surface area contributed by atoms with E-state index in [-0.39, 0.29) is 11.6 Å². The van der Waals surface area contributed by atoms with Crippen molar-refractivity contribution in [3.05, 3.63) is 24.1 Å². The molecule has 3 nitrogen and oxygen atoms in total. The van der Waals surface area contributed by atoms with Crippen LogP contribution < -0.4 is 4.90 Å². The molecular formula is C10H12F2N2O. The Kier molecular flexibility index (Phi) is 3.11. The molecule has 1 atom stereocenters. The van der Waals surface area contributed by atoms with Crippen molar-refractivity contribution >= 4 is 5.82 Å². The number of pyridine rings is 1. The first-order chi connectivity index (χ1) is 7.31. The zero-order chi connectivity index (χ0) is 10.7. The molecule has 1 aliphatic rings. The van der Waals surface area contributed by atoms with Crippen molar-refractivity contribution in [1.82, 2.24) is 4.98 Å². The maximum Gasteiger partial charge on any atom is 0.165 e. The second-order valence-corrected chi connectivity index (χ2v) is 3.40. The molecule has 1 aromatic heterocycles. The van der Waals surface area contributed by atoms with E-state index in [4.69, 9.17) is 4.74 Å². The zero-order valence-corrected chi connectivity index (χ0v) is 8.20. The van der Waals surface area contributed by atoms with Crippen LogP contribution in [0.3, 0.4) is 0 Å². The molecule has 2 rings (SSSR count). The second kappa shape index (κ2) is 4.53. The van der Waals surface area contributed by atoms with Gasteiger partial charge in [-0.25, -0.2) is 13.8 Å². The molecule has 2 heterocycles. The van der Waals surface area contributed by atoms with Gasteiger partial charge >= 0.3 is 0 Å². The SMILES string of the molecule is FCC1CN(c2ncccc2F)CCO1. The number of ether oxygens (including phenoxy) is 1. The average molecular weight is 214 g/mol. The molecule has 0 bridgehead atoms. The standard InChI is InChI=1S/C10H12F2N2O/c11-6-8-7-14(4-5-15-8)10-9(12)2-1-3-13-10/h1-3,8H,4-7H2. The van der Waals surface area contributed by atoms with Gasteiger partial charge in [-0.2, -0.15) is 0 Å². The Balaban J connectivity index is 2.13.